The first-order valence-electron chi connectivity index (χ1n) is 11.2. The van der Waals surface area contributed by atoms with Gasteiger partial charge in [-0.1, -0.05) is 54.6 Å². The van der Waals surface area contributed by atoms with Crippen LogP contribution >= 0.6 is 0 Å². The fourth-order valence-electron chi connectivity index (χ4n) is 4.30. The number of hydrogen-bond acceptors (Lipinski definition) is 5. The summed E-state index contributed by atoms with van der Waals surface area (Å²) < 4.78 is 1.34. The van der Waals surface area contributed by atoms with Gasteiger partial charge in [0, 0.05) is 31.6 Å². The van der Waals surface area contributed by atoms with Crippen LogP contribution in [0, 0.1) is 6.92 Å². The number of carbonyl (C=O) groups excluding carboxylic acids is 1. The fraction of sp³-hybridized carbons (Fsp3) is 0.280. The quantitative estimate of drug-likeness (QED) is 0.479. The Labute approximate surface area is 191 Å². The Balaban J connectivity index is 1.28. The molecular weight excluding hydrogens is 416 g/mol. The van der Waals surface area contributed by atoms with E-state index < -0.39 is 0 Å². The number of amides is 1. The highest BCUT2D eigenvalue weighted by molar-refractivity contribution is 5.76. The van der Waals surface area contributed by atoms with Crippen molar-refractivity contribution in [3.8, 4) is 0 Å². The van der Waals surface area contributed by atoms with Crippen LogP contribution in [-0.2, 0) is 30.7 Å². The number of aromatic nitrogens is 4. The standard InChI is InChI=1S/C25H26N6O2/c1-17-21(11-12-22(32)30-14-13-19-9-5-6-10-20(19)16-30)23(33)31-25(27-17)28-24(29-31)26-15-18-7-3-2-4-8-18/h2-10H,11-16H2,1H3,(H2,26,27,28,29). The molecule has 8 nitrogen and oxygen atoms in total. The summed E-state index contributed by atoms with van der Waals surface area (Å²) in [4.78, 5) is 36.7. The van der Waals surface area contributed by atoms with E-state index in [4.69, 9.17) is 0 Å². The molecule has 1 aliphatic heterocycles. The van der Waals surface area contributed by atoms with E-state index in [0.29, 0.717) is 49.0 Å². The number of aromatic amines is 1. The number of nitrogens with zero attached hydrogens (tertiary/aromatic N) is 4. The van der Waals surface area contributed by atoms with Crippen molar-refractivity contribution in [1.29, 1.82) is 0 Å². The lowest BCUT2D eigenvalue weighted by Crippen LogP contribution is -2.36. The van der Waals surface area contributed by atoms with Gasteiger partial charge < -0.3 is 10.2 Å². The molecule has 0 radical (unpaired) electrons. The zero-order valence-electron chi connectivity index (χ0n) is 18.5. The maximum Gasteiger partial charge on any atom is 0.277 e. The molecule has 5 rings (SSSR count). The molecule has 1 aliphatic rings. The number of fused-ring (bicyclic) bond motifs is 2. The van der Waals surface area contributed by atoms with E-state index in [1.807, 2.05) is 47.4 Å². The second-order valence-electron chi connectivity index (χ2n) is 8.36. The van der Waals surface area contributed by atoms with Crippen molar-refractivity contribution in [2.75, 3.05) is 11.9 Å². The summed E-state index contributed by atoms with van der Waals surface area (Å²) >= 11 is 0. The molecule has 0 spiro atoms. The van der Waals surface area contributed by atoms with Gasteiger partial charge in [0.15, 0.2) is 0 Å². The third-order valence-electron chi connectivity index (χ3n) is 6.17. The van der Waals surface area contributed by atoms with E-state index in [0.717, 1.165) is 12.0 Å². The van der Waals surface area contributed by atoms with Crippen molar-refractivity contribution in [2.24, 2.45) is 0 Å². The van der Waals surface area contributed by atoms with Crippen LogP contribution in [0.1, 0.15) is 34.4 Å². The van der Waals surface area contributed by atoms with E-state index in [1.165, 1.54) is 15.6 Å². The van der Waals surface area contributed by atoms with Crippen LogP contribution in [0.15, 0.2) is 59.4 Å². The smallest absolute Gasteiger partial charge is 0.277 e. The molecule has 1 amide bonds. The minimum atomic E-state index is -0.213. The van der Waals surface area contributed by atoms with E-state index >= 15 is 0 Å². The summed E-state index contributed by atoms with van der Waals surface area (Å²) in [6.07, 6.45) is 1.49. The summed E-state index contributed by atoms with van der Waals surface area (Å²) in [7, 11) is 0. The Morgan fingerprint density at radius 3 is 2.64 bits per heavy atom. The normalized spacial score (nSPS) is 13.2. The minimum Gasteiger partial charge on any atom is -0.351 e. The monoisotopic (exact) mass is 442 g/mol. The van der Waals surface area contributed by atoms with Crippen molar-refractivity contribution >= 4 is 17.6 Å². The molecule has 0 fully saturated rings. The van der Waals surface area contributed by atoms with Crippen LogP contribution in [0.2, 0.25) is 0 Å². The average Bonchev–Trinajstić information content (AvgIpc) is 3.26. The number of carbonyl (C=O) groups is 1. The molecule has 8 heteroatoms. The van der Waals surface area contributed by atoms with Gasteiger partial charge in [0.25, 0.3) is 11.3 Å². The number of nitrogens with one attached hydrogen (secondary N) is 2. The molecule has 4 aromatic rings. The number of benzene rings is 2. The fourth-order valence-corrected chi connectivity index (χ4v) is 4.30. The minimum absolute atomic E-state index is 0.0585. The van der Waals surface area contributed by atoms with Crippen molar-refractivity contribution < 1.29 is 4.79 Å². The average molecular weight is 443 g/mol. The van der Waals surface area contributed by atoms with Gasteiger partial charge in [-0.25, -0.2) is 4.98 Å². The topological polar surface area (TPSA) is 95.4 Å². The third kappa shape index (κ3) is 4.37. The number of rotatable bonds is 6. The lowest BCUT2D eigenvalue weighted by Gasteiger charge is -2.29. The number of H-pyrrole nitrogens is 1. The SMILES string of the molecule is Cc1nc2nc(NCc3ccccc3)[nH]n2c(=O)c1CCC(=O)N1CCc2ccccc2C1. The summed E-state index contributed by atoms with van der Waals surface area (Å²) in [5.41, 5.74) is 4.54. The van der Waals surface area contributed by atoms with Crippen LogP contribution in [0.25, 0.3) is 5.78 Å². The Kier molecular flexibility index (Phi) is 5.64. The van der Waals surface area contributed by atoms with E-state index in [1.54, 1.807) is 6.92 Å². The highest BCUT2D eigenvalue weighted by Crippen LogP contribution is 2.19. The van der Waals surface area contributed by atoms with Crippen LogP contribution < -0.4 is 10.9 Å². The third-order valence-corrected chi connectivity index (χ3v) is 6.17. The molecule has 2 aromatic carbocycles. The van der Waals surface area contributed by atoms with Gasteiger partial charge >= 0.3 is 0 Å². The first-order valence-corrected chi connectivity index (χ1v) is 11.2. The second kappa shape index (κ2) is 8.90. The number of hydrogen-bond donors (Lipinski definition) is 2. The zero-order valence-corrected chi connectivity index (χ0v) is 18.5. The summed E-state index contributed by atoms with van der Waals surface area (Å²) in [6.45, 7) is 3.71. The van der Waals surface area contributed by atoms with Gasteiger partial charge in [-0.3, -0.25) is 14.7 Å². The summed E-state index contributed by atoms with van der Waals surface area (Å²) in [5, 5.41) is 6.18. The van der Waals surface area contributed by atoms with Crippen LogP contribution in [0.3, 0.4) is 0 Å². The summed E-state index contributed by atoms with van der Waals surface area (Å²) in [6, 6.07) is 18.2. The number of aryl methyl sites for hydroxylation is 1. The maximum absolute atomic E-state index is 13.1. The van der Waals surface area contributed by atoms with Crippen LogP contribution in [-0.4, -0.2) is 36.9 Å². The van der Waals surface area contributed by atoms with Gasteiger partial charge in [0.1, 0.15) is 0 Å². The van der Waals surface area contributed by atoms with Crippen LogP contribution in [0.5, 0.6) is 0 Å². The van der Waals surface area contributed by atoms with Gasteiger partial charge in [0.2, 0.25) is 11.9 Å². The Morgan fingerprint density at radius 2 is 1.82 bits per heavy atom. The highest BCUT2D eigenvalue weighted by Gasteiger charge is 2.21. The zero-order chi connectivity index (χ0) is 22.8. The van der Waals surface area contributed by atoms with Crippen LogP contribution in [0.4, 0.5) is 5.95 Å². The van der Waals surface area contributed by atoms with Gasteiger partial charge in [-0.15, -0.1) is 0 Å². The van der Waals surface area contributed by atoms with Crippen molar-refractivity contribution in [3.63, 3.8) is 0 Å². The molecule has 0 atom stereocenters. The van der Waals surface area contributed by atoms with Crippen molar-refractivity contribution in [1.82, 2.24) is 24.5 Å². The Morgan fingerprint density at radius 1 is 1.06 bits per heavy atom. The largest absolute Gasteiger partial charge is 0.351 e. The predicted molar refractivity (Wildman–Crippen MR) is 126 cm³/mol. The molecule has 168 valence electrons. The molecule has 0 saturated carbocycles. The molecule has 2 N–H and O–H groups in total. The molecular formula is C25H26N6O2. The lowest BCUT2D eigenvalue weighted by atomic mass is 9.99. The molecule has 2 aromatic heterocycles. The Bertz CT molecular complexity index is 1360. The molecule has 3 heterocycles. The van der Waals surface area contributed by atoms with Gasteiger partial charge in [-0.2, -0.15) is 9.50 Å². The second-order valence-corrected chi connectivity index (χ2v) is 8.36. The highest BCUT2D eigenvalue weighted by atomic mass is 16.2. The Hall–Kier alpha value is -3.94. The maximum atomic E-state index is 13.1. The van der Waals surface area contributed by atoms with E-state index in [9.17, 15) is 9.59 Å². The molecule has 0 bridgehead atoms. The molecule has 0 unspecified atom stereocenters. The molecule has 33 heavy (non-hydrogen) atoms. The predicted octanol–water partition coefficient (Wildman–Crippen LogP) is 2.86. The van der Waals surface area contributed by atoms with Crippen molar-refractivity contribution in [2.45, 2.75) is 39.3 Å². The summed E-state index contributed by atoms with van der Waals surface area (Å²) in [5.74, 6) is 0.849. The number of anilines is 1. The van der Waals surface area contributed by atoms with E-state index in [-0.39, 0.29) is 17.9 Å². The lowest BCUT2D eigenvalue weighted by molar-refractivity contribution is -0.132. The first-order chi connectivity index (χ1) is 16.1. The molecule has 0 aliphatic carbocycles. The van der Waals surface area contributed by atoms with Gasteiger partial charge in [0.05, 0.1) is 5.69 Å². The van der Waals surface area contributed by atoms with Crippen molar-refractivity contribution in [3.05, 3.63) is 92.9 Å². The molecule has 0 saturated heterocycles. The van der Waals surface area contributed by atoms with Gasteiger partial charge in [-0.05, 0) is 36.5 Å². The van der Waals surface area contributed by atoms with E-state index in [2.05, 4.69) is 32.5 Å². The first kappa shape index (κ1) is 20.9.